The lowest BCUT2D eigenvalue weighted by atomic mass is 9.77. The van der Waals surface area contributed by atoms with Gasteiger partial charge >= 0.3 is 5.97 Å². The Labute approximate surface area is 169 Å². The molecule has 0 radical (unpaired) electrons. The Morgan fingerprint density at radius 3 is 2.79 bits per heavy atom. The molecule has 1 aromatic carbocycles. The summed E-state index contributed by atoms with van der Waals surface area (Å²) in [5.74, 6) is -0.131. The number of amides is 1. The minimum atomic E-state index is -0.669. The Hall–Kier alpha value is -2.64. The van der Waals surface area contributed by atoms with Gasteiger partial charge in [-0.25, -0.2) is 5.06 Å². The van der Waals surface area contributed by atoms with Crippen LogP contribution in [-0.4, -0.2) is 54.2 Å². The third kappa shape index (κ3) is 3.56. The lowest BCUT2D eigenvalue weighted by molar-refractivity contribution is -0.218. The molecule has 0 N–H and O–H groups in total. The molecule has 2 aliphatic heterocycles. The lowest BCUT2D eigenvalue weighted by Crippen LogP contribution is -2.57. The minimum Gasteiger partial charge on any atom is -0.469 e. The maximum absolute atomic E-state index is 12.6. The number of hydrogen-bond donors (Lipinski definition) is 0. The fraction of sp³-hybridized carbons (Fsp3) is 0.455. The fourth-order valence-electron chi connectivity index (χ4n) is 4.60. The SMILES string of the molecule is C=CCON1C(=O)CC(C(=O)OC)C12CCN(Cc1cc3ccccc3o1)CC2. The van der Waals surface area contributed by atoms with E-state index in [-0.39, 0.29) is 24.9 Å². The van der Waals surface area contributed by atoms with Crippen LogP contribution in [-0.2, 0) is 25.7 Å². The molecule has 7 heteroatoms. The van der Waals surface area contributed by atoms with Crippen LogP contribution in [0, 0.1) is 5.92 Å². The quantitative estimate of drug-likeness (QED) is 0.550. The van der Waals surface area contributed by atoms with Gasteiger partial charge < -0.3 is 9.15 Å². The van der Waals surface area contributed by atoms with E-state index in [1.807, 2.05) is 24.3 Å². The molecule has 2 aromatic rings. The van der Waals surface area contributed by atoms with Crippen LogP contribution < -0.4 is 0 Å². The summed E-state index contributed by atoms with van der Waals surface area (Å²) >= 11 is 0. The number of carbonyl (C=O) groups excluding carboxylic acids is 2. The first-order chi connectivity index (χ1) is 14.1. The lowest BCUT2D eigenvalue weighted by Gasteiger charge is -2.45. The van der Waals surface area contributed by atoms with Gasteiger partial charge in [0.1, 0.15) is 11.3 Å². The summed E-state index contributed by atoms with van der Waals surface area (Å²) < 4.78 is 10.9. The van der Waals surface area contributed by atoms with Crippen molar-refractivity contribution in [2.45, 2.75) is 31.3 Å². The number of benzene rings is 1. The van der Waals surface area contributed by atoms with Crippen LogP contribution in [0.3, 0.4) is 0 Å². The Balaban J connectivity index is 1.49. The number of piperidine rings is 1. The molecular formula is C22H26N2O5. The standard InChI is InChI=1S/C22H26N2O5/c1-3-12-28-24-20(25)14-18(21(26)27-2)22(24)8-10-23(11-9-22)15-17-13-16-6-4-5-7-19(16)29-17/h3-7,13,18H,1,8-12,14-15H2,2H3. The molecule has 154 valence electrons. The second kappa shape index (κ2) is 8.00. The van der Waals surface area contributed by atoms with E-state index in [9.17, 15) is 9.59 Å². The molecule has 2 saturated heterocycles. The highest BCUT2D eigenvalue weighted by Gasteiger charge is 2.58. The summed E-state index contributed by atoms with van der Waals surface area (Å²) in [7, 11) is 1.37. The number of methoxy groups -OCH3 is 1. The molecule has 0 saturated carbocycles. The van der Waals surface area contributed by atoms with Crippen molar-refractivity contribution >= 4 is 22.8 Å². The van der Waals surface area contributed by atoms with E-state index in [1.54, 1.807) is 6.08 Å². The van der Waals surface area contributed by atoms with E-state index in [1.165, 1.54) is 12.2 Å². The number of likely N-dealkylation sites (tertiary alicyclic amines) is 1. The van der Waals surface area contributed by atoms with Gasteiger partial charge in [0.15, 0.2) is 0 Å². The highest BCUT2D eigenvalue weighted by molar-refractivity contribution is 5.88. The van der Waals surface area contributed by atoms with E-state index >= 15 is 0 Å². The molecule has 1 unspecified atom stereocenters. The monoisotopic (exact) mass is 398 g/mol. The van der Waals surface area contributed by atoms with Crippen molar-refractivity contribution in [2.75, 3.05) is 26.8 Å². The zero-order chi connectivity index (χ0) is 20.4. The van der Waals surface area contributed by atoms with E-state index in [4.69, 9.17) is 14.0 Å². The van der Waals surface area contributed by atoms with Gasteiger partial charge in [0.05, 0.1) is 31.7 Å². The Kier molecular flexibility index (Phi) is 5.43. The van der Waals surface area contributed by atoms with Crippen molar-refractivity contribution in [1.29, 1.82) is 0 Å². The van der Waals surface area contributed by atoms with Gasteiger partial charge in [-0.1, -0.05) is 24.3 Å². The highest BCUT2D eigenvalue weighted by atomic mass is 16.7. The number of para-hydroxylation sites is 1. The number of nitrogens with zero attached hydrogens (tertiary/aromatic N) is 2. The summed E-state index contributed by atoms with van der Waals surface area (Å²) in [6.45, 7) is 6.03. The molecule has 1 amide bonds. The zero-order valence-corrected chi connectivity index (χ0v) is 16.6. The van der Waals surface area contributed by atoms with Gasteiger partial charge in [-0.05, 0) is 25.0 Å². The van der Waals surface area contributed by atoms with E-state index in [0.29, 0.717) is 19.4 Å². The van der Waals surface area contributed by atoms with Crippen LogP contribution in [0.1, 0.15) is 25.0 Å². The van der Waals surface area contributed by atoms with Crippen molar-refractivity contribution in [1.82, 2.24) is 9.96 Å². The molecule has 7 nitrogen and oxygen atoms in total. The molecule has 1 spiro atoms. The summed E-state index contributed by atoms with van der Waals surface area (Å²) in [6, 6.07) is 10.0. The molecule has 4 rings (SSSR count). The maximum atomic E-state index is 12.6. The summed E-state index contributed by atoms with van der Waals surface area (Å²) in [5.41, 5.74) is 0.213. The van der Waals surface area contributed by atoms with Gasteiger partial charge in [0, 0.05) is 24.9 Å². The normalized spacial score (nSPS) is 21.8. The van der Waals surface area contributed by atoms with Gasteiger partial charge in [0.2, 0.25) is 5.91 Å². The van der Waals surface area contributed by atoms with Crippen LogP contribution >= 0.6 is 0 Å². The van der Waals surface area contributed by atoms with Crippen LogP contribution in [0.25, 0.3) is 11.0 Å². The number of hydroxylamine groups is 2. The van der Waals surface area contributed by atoms with Gasteiger partial charge in [-0.15, -0.1) is 6.58 Å². The van der Waals surface area contributed by atoms with Crippen molar-refractivity contribution < 1.29 is 23.6 Å². The molecule has 0 bridgehead atoms. The number of esters is 1. The smallest absolute Gasteiger partial charge is 0.311 e. The van der Waals surface area contributed by atoms with Crippen LogP contribution in [0.4, 0.5) is 0 Å². The first kappa shape index (κ1) is 19.7. The van der Waals surface area contributed by atoms with Crippen molar-refractivity contribution in [3.63, 3.8) is 0 Å². The fourth-order valence-corrected chi connectivity index (χ4v) is 4.60. The number of furan rings is 1. The van der Waals surface area contributed by atoms with Gasteiger partial charge in [-0.2, -0.15) is 0 Å². The van der Waals surface area contributed by atoms with Crippen molar-refractivity contribution in [3.05, 3.63) is 48.7 Å². The van der Waals surface area contributed by atoms with E-state index in [2.05, 4.69) is 17.5 Å². The number of fused-ring (bicyclic) bond motifs is 1. The Bertz CT molecular complexity index is 880. The molecule has 3 heterocycles. The Morgan fingerprint density at radius 1 is 1.34 bits per heavy atom. The third-order valence-corrected chi connectivity index (χ3v) is 6.04. The Morgan fingerprint density at radius 2 is 2.10 bits per heavy atom. The molecule has 2 aliphatic rings. The number of ether oxygens (including phenoxy) is 1. The van der Waals surface area contributed by atoms with E-state index in [0.717, 1.165) is 29.8 Å². The average Bonchev–Trinajstić information content (AvgIpc) is 3.26. The topological polar surface area (TPSA) is 72.2 Å². The average molecular weight is 398 g/mol. The first-order valence-electron chi connectivity index (χ1n) is 9.92. The third-order valence-electron chi connectivity index (χ3n) is 6.04. The van der Waals surface area contributed by atoms with Crippen LogP contribution in [0.5, 0.6) is 0 Å². The maximum Gasteiger partial charge on any atom is 0.311 e. The largest absolute Gasteiger partial charge is 0.469 e. The van der Waals surface area contributed by atoms with Crippen LogP contribution in [0.15, 0.2) is 47.4 Å². The van der Waals surface area contributed by atoms with Crippen molar-refractivity contribution in [2.24, 2.45) is 5.92 Å². The predicted molar refractivity (Wildman–Crippen MR) is 107 cm³/mol. The summed E-state index contributed by atoms with van der Waals surface area (Å²) in [5, 5.41) is 2.52. The number of hydrogen-bond acceptors (Lipinski definition) is 6. The molecule has 1 aromatic heterocycles. The molecule has 29 heavy (non-hydrogen) atoms. The number of rotatable bonds is 6. The minimum absolute atomic E-state index is 0.118. The van der Waals surface area contributed by atoms with Crippen LogP contribution in [0.2, 0.25) is 0 Å². The van der Waals surface area contributed by atoms with E-state index < -0.39 is 11.5 Å². The molecule has 1 atom stereocenters. The van der Waals surface area contributed by atoms with Gasteiger partial charge in [-0.3, -0.25) is 19.3 Å². The molecule has 2 fully saturated rings. The summed E-state index contributed by atoms with van der Waals surface area (Å²) in [4.78, 5) is 33.0. The zero-order valence-electron chi connectivity index (χ0n) is 16.6. The highest BCUT2D eigenvalue weighted by Crippen LogP contribution is 2.44. The second-order valence-corrected chi connectivity index (χ2v) is 7.68. The molecular weight excluding hydrogens is 372 g/mol. The number of carbonyl (C=O) groups is 2. The van der Waals surface area contributed by atoms with Gasteiger partial charge in [0.25, 0.3) is 0 Å². The first-order valence-corrected chi connectivity index (χ1v) is 9.92. The molecule has 0 aliphatic carbocycles. The predicted octanol–water partition coefficient (Wildman–Crippen LogP) is 2.91. The second-order valence-electron chi connectivity index (χ2n) is 7.68. The van der Waals surface area contributed by atoms with Crippen molar-refractivity contribution in [3.8, 4) is 0 Å². The summed E-state index contributed by atoms with van der Waals surface area (Å²) in [6.07, 6.45) is 2.99.